The number of carbonyl (C=O) groups is 2. The van der Waals surface area contributed by atoms with Crippen LogP contribution < -0.4 is 0 Å². The van der Waals surface area contributed by atoms with Gasteiger partial charge in [0.05, 0.1) is 10.2 Å². The lowest BCUT2D eigenvalue weighted by Crippen LogP contribution is -2.64. The highest BCUT2D eigenvalue weighted by Crippen LogP contribution is 2.33. The third kappa shape index (κ3) is 3.84. The Labute approximate surface area is 212 Å². The SMILES string of the molecule is CN1C(=O)C2C(N=C(N3CCc4ccccc4C3)N2CCSc2nc3ccccc3s2)N(C)C1=O. The number of thiazole rings is 1. The van der Waals surface area contributed by atoms with Crippen molar-refractivity contribution in [3.05, 3.63) is 59.7 Å². The topological polar surface area (TPSA) is 72.4 Å². The summed E-state index contributed by atoms with van der Waals surface area (Å²) < 4.78 is 2.20. The van der Waals surface area contributed by atoms with Crippen molar-refractivity contribution in [3.8, 4) is 0 Å². The Hall–Kier alpha value is -3.11. The maximum Gasteiger partial charge on any atom is 0.328 e. The molecular weight excluding hydrogens is 480 g/mol. The Morgan fingerprint density at radius 3 is 2.66 bits per heavy atom. The van der Waals surface area contributed by atoms with E-state index in [0.717, 1.165) is 41.1 Å². The molecule has 0 N–H and O–H groups in total. The van der Waals surface area contributed by atoms with Gasteiger partial charge in [-0.2, -0.15) is 0 Å². The highest BCUT2D eigenvalue weighted by molar-refractivity contribution is 8.01. The van der Waals surface area contributed by atoms with E-state index in [2.05, 4.69) is 40.1 Å². The molecule has 0 bridgehead atoms. The predicted octanol–water partition coefficient (Wildman–Crippen LogP) is 3.34. The Morgan fingerprint density at radius 2 is 1.83 bits per heavy atom. The summed E-state index contributed by atoms with van der Waals surface area (Å²) >= 11 is 3.39. The molecular formula is C25H26N6O2S2. The predicted molar refractivity (Wildman–Crippen MR) is 139 cm³/mol. The van der Waals surface area contributed by atoms with Gasteiger partial charge in [-0.25, -0.2) is 14.8 Å². The molecule has 3 aliphatic rings. The van der Waals surface area contributed by atoms with Crippen LogP contribution in [0.5, 0.6) is 0 Å². The van der Waals surface area contributed by atoms with E-state index in [4.69, 9.17) is 9.98 Å². The molecule has 180 valence electrons. The summed E-state index contributed by atoms with van der Waals surface area (Å²) in [6.45, 7) is 2.22. The summed E-state index contributed by atoms with van der Waals surface area (Å²) in [5.41, 5.74) is 3.66. The van der Waals surface area contributed by atoms with Crippen LogP contribution in [0.1, 0.15) is 11.1 Å². The zero-order chi connectivity index (χ0) is 24.1. The molecule has 0 radical (unpaired) electrons. The van der Waals surface area contributed by atoms with Crippen LogP contribution in [0.2, 0.25) is 0 Å². The number of aliphatic imine (C=N–C) groups is 1. The number of likely N-dealkylation sites (N-methyl/N-ethyl adjacent to an activating group) is 2. The van der Waals surface area contributed by atoms with Crippen molar-refractivity contribution < 1.29 is 9.59 Å². The number of aromatic nitrogens is 1. The van der Waals surface area contributed by atoms with E-state index in [-0.39, 0.29) is 11.9 Å². The molecule has 3 aromatic rings. The van der Waals surface area contributed by atoms with Crippen LogP contribution in [-0.4, -0.2) is 87.6 Å². The largest absolute Gasteiger partial charge is 0.338 e. The van der Waals surface area contributed by atoms with Crippen LogP contribution in [0.15, 0.2) is 57.9 Å². The highest BCUT2D eigenvalue weighted by atomic mass is 32.2. The molecule has 1 saturated heterocycles. The van der Waals surface area contributed by atoms with Gasteiger partial charge in [-0.05, 0) is 29.7 Å². The number of para-hydroxylation sites is 1. The first-order valence-corrected chi connectivity index (χ1v) is 13.5. The van der Waals surface area contributed by atoms with Gasteiger partial charge in [0.1, 0.15) is 0 Å². The van der Waals surface area contributed by atoms with E-state index in [9.17, 15) is 9.59 Å². The zero-order valence-corrected chi connectivity index (χ0v) is 21.3. The van der Waals surface area contributed by atoms with E-state index in [1.165, 1.54) is 20.7 Å². The lowest BCUT2D eigenvalue weighted by Gasteiger charge is -2.41. The number of carbonyl (C=O) groups excluding carboxylic acids is 2. The Kier molecular flexibility index (Phi) is 5.64. The van der Waals surface area contributed by atoms with Gasteiger partial charge in [-0.3, -0.25) is 9.69 Å². The van der Waals surface area contributed by atoms with Gasteiger partial charge in [-0.1, -0.05) is 48.2 Å². The Bertz CT molecular complexity index is 1310. The number of fused-ring (bicyclic) bond motifs is 3. The zero-order valence-electron chi connectivity index (χ0n) is 19.6. The van der Waals surface area contributed by atoms with Gasteiger partial charge in [-0.15, -0.1) is 11.3 Å². The summed E-state index contributed by atoms with van der Waals surface area (Å²) in [5.74, 6) is 1.38. The quantitative estimate of drug-likeness (QED) is 0.506. The van der Waals surface area contributed by atoms with Gasteiger partial charge in [0, 0.05) is 39.5 Å². The van der Waals surface area contributed by atoms with E-state index in [1.54, 1.807) is 42.1 Å². The molecule has 0 spiro atoms. The minimum atomic E-state index is -0.508. The molecule has 8 nitrogen and oxygen atoms in total. The van der Waals surface area contributed by atoms with Crippen molar-refractivity contribution in [1.29, 1.82) is 0 Å². The molecule has 4 heterocycles. The third-order valence-electron chi connectivity index (χ3n) is 6.94. The molecule has 3 aliphatic heterocycles. The molecule has 1 aromatic heterocycles. The van der Waals surface area contributed by atoms with Crippen LogP contribution in [0.25, 0.3) is 10.2 Å². The number of thioether (sulfide) groups is 1. The molecule has 2 aromatic carbocycles. The number of hydrogen-bond acceptors (Lipinski definition) is 8. The first-order chi connectivity index (χ1) is 17.0. The molecule has 10 heteroatoms. The maximum atomic E-state index is 13.3. The van der Waals surface area contributed by atoms with Crippen molar-refractivity contribution in [3.63, 3.8) is 0 Å². The summed E-state index contributed by atoms with van der Waals surface area (Å²) in [5, 5.41) is 0. The highest BCUT2D eigenvalue weighted by Gasteiger charge is 2.52. The third-order valence-corrected chi connectivity index (χ3v) is 9.10. The number of benzene rings is 2. The molecule has 1 fully saturated rings. The number of guanidine groups is 1. The van der Waals surface area contributed by atoms with Gasteiger partial charge in [0.15, 0.2) is 22.5 Å². The van der Waals surface area contributed by atoms with Crippen LogP contribution in [0, 0.1) is 0 Å². The molecule has 6 rings (SSSR count). The fourth-order valence-corrected chi connectivity index (χ4v) is 7.14. The Balaban J connectivity index is 1.26. The van der Waals surface area contributed by atoms with Gasteiger partial charge in [0.25, 0.3) is 5.91 Å². The van der Waals surface area contributed by atoms with Crippen LogP contribution in [0.4, 0.5) is 4.79 Å². The summed E-state index contributed by atoms with van der Waals surface area (Å²) in [7, 11) is 3.29. The standard InChI is InChI=1S/C25H26N6O2S2/c1-28-21-20(22(32)29(2)25(28)33)31(13-14-34-24-26-18-9-5-6-10-19(18)35-24)23(27-21)30-12-11-16-7-3-4-8-17(16)15-30/h3-10,20-21H,11-15H2,1-2H3. The fourth-order valence-electron chi connectivity index (χ4n) is 5.06. The molecule has 0 aliphatic carbocycles. The number of amides is 3. The van der Waals surface area contributed by atoms with Gasteiger partial charge < -0.3 is 14.7 Å². The normalized spacial score (nSPS) is 22.1. The number of rotatable bonds is 4. The first kappa shape index (κ1) is 22.4. The molecule has 2 unspecified atom stereocenters. The van der Waals surface area contributed by atoms with Gasteiger partial charge >= 0.3 is 6.03 Å². The second kappa shape index (κ2) is 8.83. The number of hydrogen-bond donors (Lipinski definition) is 0. The molecule has 2 atom stereocenters. The average Bonchev–Trinajstić information content (AvgIpc) is 3.47. The van der Waals surface area contributed by atoms with Crippen LogP contribution in [-0.2, 0) is 17.8 Å². The van der Waals surface area contributed by atoms with E-state index >= 15 is 0 Å². The van der Waals surface area contributed by atoms with Gasteiger partial charge in [0.2, 0.25) is 0 Å². The smallest absolute Gasteiger partial charge is 0.328 e. The number of nitrogens with zero attached hydrogens (tertiary/aromatic N) is 6. The number of imide groups is 1. The monoisotopic (exact) mass is 506 g/mol. The molecule has 3 amide bonds. The summed E-state index contributed by atoms with van der Waals surface area (Å²) in [6, 6.07) is 15.8. The fraction of sp³-hybridized carbons (Fsp3) is 0.360. The molecule has 0 saturated carbocycles. The summed E-state index contributed by atoms with van der Waals surface area (Å²) in [6.07, 6.45) is 0.423. The second-order valence-electron chi connectivity index (χ2n) is 9.01. The minimum absolute atomic E-state index is 0.195. The molecule has 35 heavy (non-hydrogen) atoms. The lowest BCUT2D eigenvalue weighted by atomic mass is 10.0. The lowest BCUT2D eigenvalue weighted by molar-refractivity contribution is -0.136. The van der Waals surface area contributed by atoms with E-state index in [0.29, 0.717) is 6.54 Å². The van der Waals surface area contributed by atoms with E-state index in [1.807, 2.05) is 18.2 Å². The second-order valence-corrected chi connectivity index (χ2v) is 11.4. The average molecular weight is 507 g/mol. The first-order valence-electron chi connectivity index (χ1n) is 11.7. The van der Waals surface area contributed by atoms with Crippen molar-refractivity contribution in [1.82, 2.24) is 24.6 Å². The number of urea groups is 1. The van der Waals surface area contributed by atoms with Crippen molar-refractivity contribution >= 4 is 51.2 Å². The Morgan fingerprint density at radius 1 is 1.06 bits per heavy atom. The van der Waals surface area contributed by atoms with Crippen LogP contribution >= 0.6 is 23.1 Å². The minimum Gasteiger partial charge on any atom is -0.338 e. The van der Waals surface area contributed by atoms with Crippen LogP contribution in [0.3, 0.4) is 0 Å². The maximum absolute atomic E-state index is 13.3. The summed E-state index contributed by atoms with van der Waals surface area (Å²) in [4.78, 5) is 42.8. The van der Waals surface area contributed by atoms with Crippen molar-refractivity contribution in [2.45, 2.75) is 29.5 Å². The van der Waals surface area contributed by atoms with Crippen molar-refractivity contribution in [2.75, 3.05) is 32.9 Å². The van der Waals surface area contributed by atoms with Crippen molar-refractivity contribution in [2.24, 2.45) is 4.99 Å². The van der Waals surface area contributed by atoms with E-state index < -0.39 is 12.2 Å².